The monoisotopic (exact) mass is 1100 g/mol. The minimum Gasteiger partial charge on any atom is -0.311 e. The van der Waals surface area contributed by atoms with Gasteiger partial charge in [0.25, 0.3) is 6.71 Å². The number of thiophene rings is 1. The lowest BCUT2D eigenvalue weighted by Gasteiger charge is -2.44. The number of rotatable bonds is 8. The molecule has 0 fully saturated rings. The van der Waals surface area contributed by atoms with Crippen LogP contribution in [0.1, 0.15) is 144 Å². The molecule has 2 aliphatic rings. The van der Waals surface area contributed by atoms with Crippen molar-refractivity contribution in [1.29, 1.82) is 0 Å². The first-order valence-electron chi connectivity index (χ1n) is 30.2. The molecule has 0 saturated heterocycles. The summed E-state index contributed by atoms with van der Waals surface area (Å²) in [5.41, 5.74) is 25.8. The van der Waals surface area contributed by atoms with Crippen molar-refractivity contribution in [3.63, 3.8) is 0 Å². The Morgan fingerprint density at radius 3 is 1.46 bits per heavy atom. The van der Waals surface area contributed by atoms with Gasteiger partial charge in [0.15, 0.2) is 0 Å². The Balaban J connectivity index is 1.21. The summed E-state index contributed by atoms with van der Waals surface area (Å²) in [6.45, 7) is 37.1. The molecule has 0 amide bonds. The minimum atomic E-state index is -0.0725. The fourth-order valence-corrected chi connectivity index (χ4v) is 13.9. The molecule has 0 N–H and O–H groups in total. The van der Waals surface area contributed by atoms with Gasteiger partial charge < -0.3 is 14.7 Å². The molecule has 0 atom stereocenters. The first-order valence-corrected chi connectivity index (χ1v) is 31.0. The zero-order valence-electron chi connectivity index (χ0n) is 52.0. The molecule has 418 valence electrons. The summed E-state index contributed by atoms with van der Waals surface area (Å²) in [6, 6.07) is 75.2. The third-order valence-corrected chi connectivity index (χ3v) is 18.8. The Morgan fingerprint density at radius 2 is 0.892 bits per heavy atom. The van der Waals surface area contributed by atoms with Crippen molar-refractivity contribution in [1.82, 2.24) is 0 Å². The SMILES string of the molecule is CCc1cc2c3c(c1)N(c1ccc(C(C)(C)C)cc1)c1c(sc4ccc(C(C)(C)C)cc14)B3c1ccc(N(c3ccc(C(C)(C)C)cc3)c3ccc(C(C)(C)C)cc3-c3ccccc3)cc1N2c1ccc(C(C)(C)C)cc1-c1ccccc1. The second-order valence-electron chi connectivity index (χ2n) is 28.6. The normalized spacial score (nSPS) is 13.5. The van der Waals surface area contributed by atoms with Crippen molar-refractivity contribution in [2.45, 2.75) is 144 Å². The average molecular weight is 1100 g/mol. The van der Waals surface area contributed by atoms with Gasteiger partial charge in [0.2, 0.25) is 0 Å². The van der Waals surface area contributed by atoms with Crippen LogP contribution in [0.25, 0.3) is 32.3 Å². The largest absolute Gasteiger partial charge is 0.311 e. The van der Waals surface area contributed by atoms with Crippen molar-refractivity contribution in [3.8, 4) is 22.3 Å². The molecule has 5 heteroatoms. The van der Waals surface area contributed by atoms with Gasteiger partial charge in [0, 0.05) is 60.1 Å². The average Bonchev–Trinajstić information content (AvgIpc) is 1.82. The van der Waals surface area contributed by atoms with Gasteiger partial charge in [-0.1, -0.05) is 220 Å². The summed E-state index contributed by atoms with van der Waals surface area (Å²) in [5, 5.41) is 1.31. The van der Waals surface area contributed by atoms with Crippen molar-refractivity contribution in [2.24, 2.45) is 0 Å². The summed E-state index contributed by atoms with van der Waals surface area (Å²) in [5.74, 6) is 0. The Morgan fingerprint density at radius 1 is 0.410 bits per heavy atom. The predicted molar refractivity (Wildman–Crippen MR) is 364 cm³/mol. The van der Waals surface area contributed by atoms with Crippen molar-refractivity contribution in [2.75, 3.05) is 14.7 Å². The van der Waals surface area contributed by atoms with E-state index in [2.05, 4.69) is 320 Å². The first kappa shape index (κ1) is 55.9. The highest BCUT2D eigenvalue weighted by Gasteiger charge is 2.46. The number of hydrogen-bond donors (Lipinski definition) is 0. The molecule has 0 radical (unpaired) electrons. The van der Waals surface area contributed by atoms with Crippen LogP contribution in [0.3, 0.4) is 0 Å². The standard InChI is InChI=1S/C78H82BN3S/c1-17-50-44-68-71-69(45-50)82(66-42-33-56(77(11,12)13)47-62(66)52-26-22-19-23-27-52)67-49-60(80(58-35-28-53(29-36-58)74(2,3)4)65-41-32-55(76(8,9)10)46-61(65)51-24-20-18-21-25-51)39-40-64(67)79(71)73-72(63-48-57(78(14,15)16)34-43-70(63)83-73)81(68)59-37-30-54(31-38-59)75(5,6)7/h18-49H,17H2,1-16H3. The van der Waals surface area contributed by atoms with Crippen LogP contribution in [-0.2, 0) is 33.5 Å². The summed E-state index contributed by atoms with van der Waals surface area (Å²) in [7, 11) is 0. The van der Waals surface area contributed by atoms with Crippen LogP contribution in [0.4, 0.5) is 51.2 Å². The Labute approximate surface area is 500 Å². The molecular formula is C78H82BN3S. The summed E-state index contributed by atoms with van der Waals surface area (Å²) < 4.78 is 2.69. The van der Waals surface area contributed by atoms with Crippen molar-refractivity contribution < 1.29 is 0 Å². The molecular weight excluding hydrogens is 1020 g/mol. The first-order chi connectivity index (χ1) is 39.3. The van der Waals surface area contributed by atoms with E-state index in [1.54, 1.807) is 0 Å². The molecule has 3 heterocycles. The second-order valence-corrected chi connectivity index (χ2v) is 29.7. The molecule has 0 bridgehead atoms. The molecule has 12 rings (SSSR count). The van der Waals surface area contributed by atoms with Crippen molar-refractivity contribution >= 4 is 95.0 Å². The van der Waals surface area contributed by atoms with E-state index in [4.69, 9.17) is 0 Å². The van der Waals surface area contributed by atoms with Gasteiger partial charge >= 0.3 is 0 Å². The highest BCUT2D eigenvalue weighted by atomic mass is 32.1. The van der Waals surface area contributed by atoms with Gasteiger partial charge in [-0.2, -0.15) is 0 Å². The molecule has 0 aliphatic carbocycles. The van der Waals surface area contributed by atoms with Crippen LogP contribution in [0.5, 0.6) is 0 Å². The van der Waals surface area contributed by atoms with Gasteiger partial charge in [0.1, 0.15) is 0 Å². The molecule has 0 spiro atoms. The van der Waals surface area contributed by atoms with Gasteiger partial charge in [-0.05, 0) is 174 Å². The maximum Gasteiger partial charge on any atom is 0.264 e. The van der Waals surface area contributed by atoms with E-state index in [0.29, 0.717) is 0 Å². The Kier molecular flexibility index (Phi) is 13.7. The van der Waals surface area contributed by atoms with E-state index >= 15 is 0 Å². The van der Waals surface area contributed by atoms with Crippen LogP contribution < -0.4 is 30.4 Å². The molecule has 83 heavy (non-hydrogen) atoms. The number of fused-ring (bicyclic) bond motifs is 6. The molecule has 2 aliphatic heterocycles. The molecule has 9 aromatic carbocycles. The number of nitrogens with zero attached hydrogens (tertiary/aromatic N) is 3. The van der Waals surface area contributed by atoms with E-state index in [1.165, 1.54) is 110 Å². The topological polar surface area (TPSA) is 9.72 Å². The number of anilines is 9. The lowest BCUT2D eigenvalue weighted by atomic mass is 9.36. The third kappa shape index (κ3) is 10.1. The van der Waals surface area contributed by atoms with E-state index in [0.717, 1.165) is 29.2 Å². The van der Waals surface area contributed by atoms with E-state index in [1.807, 2.05) is 11.3 Å². The Hall–Kier alpha value is -7.60. The Bertz CT molecular complexity index is 4080. The number of benzene rings is 9. The molecule has 10 aromatic rings. The molecule has 0 unspecified atom stereocenters. The highest BCUT2D eigenvalue weighted by Crippen LogP contribution is 2.53. The zero-order valence-corrected chi connectivity index (χ0v) is 52.8. The highest BCUT2D eigenvalue weighted by molar-refractivity contribution is 7.33. The molecule has 0 saturated carbocycles. The van der Waals surface area contributed by atoms with E-state index < -0.39 is 0 Å². The van der Waals surface area contributed by atoms with E-state index in [9.17, 15) is 0 Å². The van der Waals surface area contributed by atoms with Gasteiger partial charge in [-0.25, -0.2) is 0 Å². The van der Waals surface area contributed by atoms with Gasteiger partial charge in [-0.15, -0.1) is 11.3 Å². The third-order valence-electron chi connectivity index (χ3n) is 17.6. The second kappa shape index (κ2) is 20.3. The van der Waals surface area contributed by atoms with Crippen LogP contribution in [-0.4, -0.2) is 6.71 Å². The van der Waals surface area contributed by atoms with Crippen LogP contribution >= 0.6 is 11.3 Å². The fraction of sp³-hybridized carbons (Fsp3) is 0.282. The smallest absolute Gasteiger partial charge is 0.264 e. The predicted octanol–water partition coefficient (Wildman–Crippen LogP) is 20.8. The van der Waals surface area contributed by atoms with Crippen LogP contribution in [0.15, 0.2) is 194 Å². The summed E-state index contributed by atoms with van der Waals surface area (Å²) in [6.07, 6.45) is 0.883. The number of aryl methyl sites for hydroxylation is 1. The summed E-state index contributed by atoms with van der Waals surface area (Å²) >= 11 is 1.98. The quantitative estimate of drug-likeness (QED) is 0.140. The number of hydrogen-bond acceptors (Lipinski definition) is 4. The maximum atomic E-state index is 2.67. The lowest BCUT2D eigenvalue weighted by molar-refractivity contribution is 0.590. The molecule has 3 nitrogen and oxygen atoms in total. The summed E-state index contributed by atoms with van der Waals surface area (Å²) in [4.78, 5) is 7.85. The lowest BCUT2D eigenvalue weighted by Crippen LogP contribution is -2.60. The van der Waals surface area contributed by atoms with E-state index in [-0.39, 0.29) is 33.8 Å². The fourth-order valence-electron chi connectivity index (χ4n) is 12.6. The van der Waals surface area contributed by atoms with Gasteiger partial charge in [-0.3, -0.25) is 0 Å². The molecule has 1 aromatic heterocycles. The zero-order chi connectivity index (χ0) is 58.7. The maximum absolute atomic E-state index is 2.67. The minimum absolute atomic E-state index is 0.00691. The van der Waals surface area contributed by atoms with Crippen LogP contribution in [0, 0.1) is 0 Å². The van der Waals surface area contributed by atoms with Gasteiger partial charge in [0.05, 0.1) is 17.1 Å². The van der Waals surface area contributed by atoms with Crippen molar-refractivity contribution in [3.05, 3.63) is 228 Å². The van der Waals surface area contributed by atoms with Crippen LogP contribution in [0.2, 0.25) is 0 Å².